The van der Waals surface area contributed by atoms with E-state index in [-0.39, 0.29) is 6.61 Å². The van der Waals surface area contributed by atoms with Crippen LogP contribution >= 0.6 is 11.6 Å². The van der Waals surface area contributed by atoms with Crippen molar-refractivity contribution in [2.45, 2.75) is 19.4 Å². The largest absolute Gasteiger partial charge is 0.396 e. The molecule has 1 unspecified atom stereocenters. The van der Waals surface area contributed by atoms with Gasteiger partial charge >= 0.3 is 0 Å². The first kappa shape index (κ1) is 11.8. The number of fused-ring (bicyclic) bond motifs is 1. The number of aromatic nitrogens is 2. The van der Waals surface area contributed by atoms with E-state index >= 15 is 0 Å². The van der Waals surface area contributed by atoms with Crippen LogP contribution in [0.4, 0.5) is 0 Å². The summed E-state index contributed by atoms with van der Waals surface area (Å²) in [4.78, 5) is 4.49. The smallest absolute Gasteiger partial charge is 0.141 e. The van der Waals surface area contributed by atoms with E-state index < -0.39 is 0 Å². The molecule has 0 fully saturated rings. The number of benzene rings is 1. The van der Waals surface area contributed by atoms with Crippen LogP contribution in [0, 0.1) is 5.92 Å². The molecule has 4 heteroatoms. The number of aliphatic hydroxyl groups is 1. The van der Waals surface area contributed by atoms with Crippen LogP contribution < -0.4 is 0 Å². The fraction of sp³-hybridized carbons (Fsp3) is 0.357. The van der Waals surface area contributed by atoms with Gasteiger partial charge in [-0.05, 0) is 30.9 Å². The van der Waals surface area contributed by atoms with E-state index in [1.807, 2.05) is 30.5 Å². The number of rotatable bonds is 2. The number of aliphatic hydroxyl groups excluding tert-OH is 1. The fourth-order valence-electron chi connectivity index (χ4n) is 2.55. The fourth-order valence-corrected chi connectivity index (χ4v) is 2.77. The molecule has 2 aromatic rings. The maximum absolute atomic E-state index is 9.23. The molecule has 0 saturated carbocycles. The summed E-state index contributed by atoms with van der Waals surface area (Å²) in [5.41, 5.74) is 2.17. The lowest BCUT2D eigenvalue weighted by molar-refractivity contribution is 0.201. The van der Waals surface area contributed by atoms with E-state index in [0.717, 1.165) is 35.8 Å². The highest BCUT2D eigenvalue weighted by atomic mass is 35.5. The highest BCUT2D eigenvalue weighted by Gasteiger charge is 2.22. The Morgan fingerprint density at radius 1 is 1.39 bits per heavy atom. The highest BCUT2D eigenvalue weighted by Crippen LogP contribution is 2.30. The van der Waals surface area contributed by atoms with Crippen molar-refractivity contribution in [2.75, 3.05) is 6.61 Å². The van der Waals surface area contributed by atoms with Gasteiger partial charge in [0.15, 0.2) is 0 Å². The molecule has 0 aliphatic carbocycles. The monoisotopic (exact) mass is 262 g/mol. The van der Waals surface area contributed by atoms with Crippen molar-refractivity contribution < 1.29 is 5.11 Å². The van der Waals surface area contributed by atoms with E-state index in [0.29, 0.717) is 5.92 Å². The quantitative estimate of drug-likeness (QED) is 0.904. The lowest BCUT2D eigenvalue weighted by Crippen LogP contribution is -2.21. The number of nitrogens with zero attached hydrogens (tertiary/aromatic N) is 2. The Labute approximate surface area is 111 Å². The first-order chi connectivity index (χ1) is 8.79. The molecule has 0 radical (unpaired) electrons. The van der Waals surface area contributed by atoms with Gasteiger partial charge in [-0.2, -0.15) is 0 Å². The zero-order valence-electron chi connectivity index (χ0n) is 10.0. The number of hydrogen-bond donors (Lipinski definition) is 1. The second kappa shape index (κ2) is 4.75. The highest BCUT2D eigenvalue weighted by molar-refractivity contribution is 6.33. The molecule has 0 saturated heterocycles. The van der Waals surface area contributed by atoms with Gasteiger partial charge in [0.2, 0.25) is 0 Å². The minimum absolute atomic E-state index is 0.257. The second-order valence-electron chi connectivity index (χ2n) is 4.75. The Balaban J connectivity index is 2.01. The van der Waals surface area contributed by atoms with Crippen molar-refractivity contribution in [3.8, 4) is 11.4 Å². The lowest BCUT2D eigenvalue weighted by atomic mass is 9.97. The predicted molar refractivity (Wildman–Crippen MR) is 71.6 cm³/mol. The van der Waals surface area contributed by atoms with Crippen molar-refractivity contribution in [3.63, 3.8) is 0 Å². The Kier molecular flexibility index (Phi) is 3.10. The minimum Gasteiger partial charge on any atom is -0.396 e. The number of imidazole rings is 1. The molecule has 0 spiro atoms. The van der Waals surface area contributed by atoms with E-state index in [1.54, 1.807) is 0 Å². The van der Waals surface area contributed by atoms with Gasteiger partial charge in [-0.1, -0.05) is 23.7 Å². The molecular formula is C14H15ClN2O. The lowest BCUT2D eigenvalue weighted by Gasteiger charge is -2.23. The number of halogens is 1. The summed E-state index contributed by atoms with van der Waals surface area (Å²) in [7, 11) is 0. The molecule has 0 amide bonds. The van der Waals surface area contributed by atoms with E-state index in [4.69, 9.17) is 11.6 Å². The average molecular weight is 263 g/mol. The predicted octanol–water partition coefficient (Wildman–Crippen LogP) is 2.76. The van der Waals surface area contributed by atoms with Crippen LogP contribution in [0.3, 0.4) is 0 Å². The third-order valence-corrected chi connectivity index (χ3v) is 3.90. The molecule has 1 N–H and O–H groups in total. The summed E-state index contributed by atoms with van der Waals surface area (Å²) in [6.45, 7) is 1.16. The maximum atomic E-state index is 9.23. The Morgan fingerprint density at radius 3 is 3.00 bits per heavy atom. The summed E-state index contributed by atoms with van der Waals surface area (Å²) in [5, 5.41) is 9.97. The van der Waals surface area contributed by atoms with Crippen molar-refractivity contribution in [1.29, 1.82) is 0 Å². The standard InChI is InChI=1S/C14H15ClN2O/c15-13-4-2-1-3-12(13)14-16-8-11-7-10(9-18)5-6-17(11)14/h1-4,8,10,18H,5-7,9H2. The summed E-state index contributed by atoms with van der Waals surface area (Å²) >= 11 is 6.22. The Morgan fingerprint density at radius 2 is 2.22 bits per heavy atom. The molecule has 1 aromatic carbocycles. The molecule has 1 atom stereocenters. The zero-order valence-corrected chi connectivity index (χ0v) is 10.8. The summed E-state index contributed by atoms with van der Waals surface area (Å²) in [6, 6.07) is 7.78. The van der Waals surface area contributed by atoms with Crippen LogP contribution in [0.2, 0.25) is 5.02 Å². The van der Waals surface area contributed by atoms with Crippen molar-refractivity contribution in [1.82, 2.24) is 9.55 Å². The molecule has 1 aliphatic heterocycles. The zero-order chi connectivity index (χ0) is 12.5. The van der Waals surface area contributed by atoms with E-state index in [1.165, 1.54) is 5.69 Å². The van der Waals surface area contributed by atoms with Gasteiger partial charge in [0.25, 0.3) is 0 Å². The van der Waals surface area contributed by atoms with Gasteiger partial charge in [-0.3, -0.25) is 0 Å². The summed E-state index contributed by atoms with van der Waals surface area (Å²) in [6.07, 6.45) is 3.80. The van der Waals surface area contributed by atoms with Crippen LogP contribution in [-0.2, 0) is 13.0 Å². The molecular weight excluding hydrogens is 248 g/mol. The van der Waals surface area contributed by atoms with Gasteiger partial charge in [0.1, 0.15) is 5.82 Å². The second-order valence-corrected chi connectivity index (χ2v) is 5.15. The van der Waals surface area contributed by atoms with Gasteiger partial charge in [-0.25, -0.2) is 4.98 Å². The summed E-state index contributed by atoms with van der Waals surface area (Å²) in [5.74, 6) is 1.31. The van der Waals surface area contributed by atoms with Crippen LogP contribution in [0.1, 0.15) is 12.1 Å². The maximum Gasteiger partial charge on any atom is 0.141 e. The van der Waals surface area contributed by atoms with Crippen molar-refractivity contribution in [3.05, 3.63) is 41.2 Å². The van der Waals surface area contributed by atoms with Gasteiger partial charge in [0, 0.05) is 30.6 Å². The molecule has 18 heavy (non-hydrogen) atoms. The summed E-state index contributed by atoms with van der Waals surface area (Å²) < 4.78 is 2.22. The Bertz CT molecular complexity index is 565. The van der Waals surface area contributed by atoms with Crippen molar-refractivity contribution in [2.24, 2.45) is 5.92 Å². The van der Waals surface area contributed by atoms with Gasteiger partial charge in [-0.15, -0.1) is 0 Å². The van der Waals surface area contributed by atoms with Gasteiger partial charge in [0.05, 0.1) is 5.02 Å². The van der Waals surface area contributed by atoms with Crippen LogP contribution in [-0.4, -0.2) is 21.3 Å². The first-order valence-corrected chi connectivity index (χ1v) is 6.57. The SMILES string of the molecule is OCC1CCn2c(cnc2-c2ccccc2Cl)C1. The van der Waals surface area contributed by atoms with Crippen molar-refractivity contribution >= 4 is 11.6 Å². The molecule has 1 aliphatic rings. The first-order valence-electron chi connectivity index (χ1n) is 6.19. The van der Waals surface area contributed by atoms with Crippen LogP contribution in [0.25, 0.3) is 11.4 Å². The number of hydrogen-bond acceptors (Lipinski definition) is 2. The third-order valence-electron chi connectivity index (χ3n) is 3.57. The molecule has 2 heterocycles. The third kappa shape index (κ3) is 1.93. The average Bonchev–Trinajstić information content (AvgIpc) is 2.82. The molecule has 3 nitrogen and oxygen atoms in total. The topological polar surface area (TPSA) is 38.0 Å². The molecule has 3 rings (SSSR count). The molecule has 0 bridgehead atoms. The minimum atomic E-state index is 0.257. The molecule has 94 valence electrons. The normalized spacial score (nSPS) is 18.7. The van der Waals surface area contributed by atoms with Crippen LogP contribution in [0.15, 0.2) is 30.5 Å². The van der Waals surface area contributed by atoms with Gasteiger partial charge < -0.3 is 9.67 Å². The van der Waals surface area contributed by atoms with E-state index in [9.17, 15) is 5.11 Å². The molecule has 1 aromatic heterocycles. The van der Waals surface area contributed by atoms with E-state index in [2.05, 4.69) is 9.55 Å². The van der Waals surface area contributed by atoms with Crippen LogP contribution in [0.5, 0.6) is 0 Å². The Hall–Kier alpha value is -1.32.